The molecular weight excluding hydrogens is 526 g/mol. The molecule has 1 heterocycles. The maximum atomic E-state index is 14.0. The Kier molecular flexibility index (Phi) is 9.64. The van der Waals surface area contributed by atoms with Crippen molar-refractivity contribution in [1.29, 1.82) is 0 Å². The molecule has 0 saturated heterocycles. The lowest BCUT2D eigenvalue weighted by Gasteiger charge is -2.36. The van der Waals surface area contributed by atoms with Crippen molar-refractivity contribution in [2.24, 2.45) is 5.73 Å². The minimum Gasteiger partial charge on any atom is -0.478 e. The van der Waals surface area contributed by atoms with E-state index in [1.807, 2.05) is 36.4 Å². The largest absolute Gasteiger partial charge is 0.478 e. The van der Waals surface area contributed by atoms with E-state index in [1.54, 1.807) is 43.1 Å². The van der Waals surface area contributed by atoms with E-state index in [2.05, 4.69) is 29.6 Å². The second-order valence-corrected chi connectivity index (χ2v) is 10.1. The van der Waals surface area contributed by atoms with Gasteiger partial charge in [0.05, 0.1) is 17.1 Å². The number of nitrogens with zero attached hydrogens (tertiary/aromatic N) is 1. The molecule has 0 aromatic heterocycles. The number of hydrogen-bond donors (Lipinski definition) is 3. The quantitative estimate of drug-likeness (QED) is 0.296. The summed E-state index contributed by atoms with van der Waals surface area (Å²) in [5.41, 5.74) is 9.36. The Hall–Kier alpha value is -4.07. The molecule has 4 N–H and O–H groups in total. The Labute approximate surface area is 239 Å². The smallest absolute Gasteiger partial charge is 0.334 e. The van der Waals surface area contributed by atoms with Gasteiger partial charge in [-0.2, -0.15) is 0 Å². The van der Waals surface area contributed by atoms with Crippen LogP contribution in [0.1, 0.15) is 41.9 Å². The number of carboxylic acid groups (broad SMARTS) is 1. The Morgan fingerprint density at radius 1 is 1.00 bits per heavy atom. The Bertz CT molecular complexity index is 1370. The molecular formula is C32H34ClN3O4. The zero-order chi connectivity index (χ0) is 28.6. The van der Waals surface area contributed by atoms with Gasteiger partial charge in [-0.3, -0.25) is 4.79 Å². The maximum absolute atomic E-state index is 14.0. The van der Waals surface area contributed by atoms with E-state index in [1.165, 1.54) is 0 Å². The number of ether oxygens (including phenoxy) is 1. The van der Waals surface area contributed by atoms with E-state index in [9.17, 15) is 14.7 Å². The number of hydrogen-bond acceptors (Lipinski definition) is 5. The van der Waals surface area contributed by atoms with Gasteiger partial charge in [0.15, 0.2) is 0 Å². The third-order valence-electron chi connectivity index (χ3n) is 7.14. The summed E-state index contributed by atoms with van der Waals surface area (Å²) in [6, 6.07) is 27.2. The van der Waals surface area contributed by atoms with Crippen molar-refractivity contribution in [2.45, 2.75) is 25.2 Å². The minimum absolute atomic E-state index is 0.0686. The molecule has 208 valence electrons. The van der Waals surface area contributed by atoms with Gasteiger partial charge in [-0.05, 0) is 42.2 Å². The van der Waals surface area contributed by atoms with Gasteiger partial charge < -0.3 is 25.8 Å². The Morgan fingerprint density at radius 3 is 2.17 bits per heavy atom. The zero-order valence-electron chi connectivity index (χ0n) is 22.6. The fraction of sp³-hybridized carbons (Fsp3) is 0.250. The molecule has 3 aromatic rings. The average Bonchev–Trinajstić information content (AvgIpc) is 2.96. The SMILES string of the molecule is CC1=C(C(=O)O)C(c2cccc(Cl)c2)C(C(=O)NCCC(c2ccccc2)c2ccccc2)=C(OCCN)N1C. The first-order valence-electron chi connectivity index (χ1n) is 13.2. The van der Waals surface area contributed by atoms with Crippen LogP contribution in [0.2, 0.25) is 5.02 Å². The van der Waals surface area contributed by atoms with Crippen molar-refractivity contribution in [3.63, 3.8) is 0 Å². The molecule has 40 heavy (non-hydrogen) atoms. The predicted molar refractivity (Wildman–Crippen MR) is 157 cm³/mol. The van der Waals surface area contributed by atoms with Crippen molar-refractivity contribution in [1.82, 2.24) is 10.2 Å². The summed E-state index contributed by atoms with van der Waals surface area (Å²) in [7, 11) is 1.69. The van der Waals surface area contributed by atoms with Gasteiger partial charge in [0.25, 0.3) is 5.91 Å². The van der Waals surface area contributed by atoms with Crippen molar-refractivity contribution in [3.8, 4) is 0 Å². The lowest BCUT2D eigenvalue weighted by atomic mass is 9.80. The molecule has 0 fully saturated rings. The topological polar surface area (TPSA) is 105 Å². The molecule has 8 heteroatoms. The van der Waals surface area contributed by atoms with Crippen molar-refractivity contribution >= 4 is 23.5 Å². The summed E-state index contributed by atoms with van der Waals surface area (Å²) in [4.78, 5) is 28.1. The van der Waals surface area contributed by atoms with E-state index in [0.717, 1.165) is 11.1 Å². The summed E-state index contributed by atoms with van der Waals surface area (Å²) in [5, 5.41) is 13.8. The van der Waals surface area contributed by atoms with E-state index in [-0.39, 0.29) is 36.1 Å². The first kappa shape index (κ1) is 28.9. The normalized spacial score (nSPS) is 15.4. The number of allylic oxidation sites excluding steroid dienone is 1. The van der Waals surface area contributed by atoms with Crippen LogP contribution in [-0.2, 0) is 14.3 Å². The summed E-state index contributed by atoms with van der Waals surface area (Å²) < 4.78 is 5.98. The van der Waals surface area contributed by atoms with Gasteiger partial charge in [-0.15, -0.1) is 0 Å². The number of nitrogens with one attached hydrogen (secondary N) is 1. The number of carboxylic acids is 1. The van der Waals surface area contributed by atoms with Crippen LogP contribution in [0, 0.1) is 0 Å². The molecule has 0 bridgehead atoms. The number of amides is 1. The minimum atomic E-state index is -1.12. The van der Waals surface area contributed by atoms with Gasteiger partial charge >= 0.3 is 5.97 Å². The number of aliphatic carboxylic acids is 1. The highest BCUT2D eigenvalue weighted by atomic mass is 35.5. The summed E-state index contributed by atoms with van der Waals surface area (Å²) in [6.07, 6.45) is 0.643. The van der Waals surface area contributed by atoms with Crippen molar-refractivity contribution in [2.75, 3.05) is 26.7 Å². The third kappa shape index (κ3) is 6.38. The third-order valence-corrected chi connectivity index (χ3v) is 7.38. The number of halogens is 1. The molecule has 1 atom stereocenters. The molecule has 1 aliphatic heterocycles. The molecule has 0 saturated carbocycles. The monoisotopic (exact) mass is 559 g/mol. The molecule has 4 rings (SSSR count). The highest BCUT2D eigenvalue weighted by molar-refractivity contribution is 6.30. The molecule has 1 unspecified atom stereocenters. The van der Waals surface area contributed by atoms with E-state index < -0.39 is 17.8 Å². The van der Waals surface area contributed by atoms with Gasteiger partial charge in [-0.1, -0.05) is 84.4 Å². The van der Waals surface area contributed by atoms with Crippen LogP contribution in [0.3, 0.4) is 0 Å². The van der Waals surface area contributed by atoms with E-state index in [4.69, 9.17) is 22.1 Å². The van der Waals surface area contributed by atoms with Crippen molar-refractivity contribution in [3.05, 3.63) is 129 Å². The fourth-order valence-electron chi connectivity index (χ4n) is 5.17. The Morgan fingerprint density at radius 2 is 1.62 bits per heavy atom. The summed E-state index contributed by atoms with van der Waals surface area (Å²) in [6.45, 7) is 2.46. The van der Waals surface area contributed by atoms with Crippen LogP contribution < -0.4 is 11.1 Å². The molecule has 7 nitrogen and oxygen atoms in total. The molecule has 1 aliphatic rings. The second kappa shape index (κ2) is 13.3. The predicted octanol–water partition coefficient (Wildman–Crippen LogP) is 5.25. The van der Waals surface area contributed by atoms with Gasteiger partial charge in [0.1, 0.15) is 6.61 Å². The number of carbonyl (C=O) groups is 2. The first-order valence-corrected chi connectivity index (χ1v) is 13.6. The molecule has 0 radical (unpaired) electrons. The fourth-order valence-corrected chi connectivity index (χ4v) is 5.37. The van der Waals surface area contributed by atoms with Crippen molar-refractivity contribution < 1.29 is 19.4 Å². The Balaban J connectivity index is 1.69. The summed E-state index contributed by atoms with van der Waals surface area (Å²) in [5.74, 6) is -2.07. The second-order valence-electron chi connectivity index (χ2n) is 9.63. The molecule has 1 amide bonds. The molecule has 0 aliphatic carbocycles. The van der Waals surface area contributed by atoms with Crippen LogP contribution in [0.25, 0.3) is 0 Å². The highest BCUT2D eigenvalue weighted by Crippen LogP contribution is 2.42. The first-order chi connectivity index (χ1) is 19.3. The standard InChI is InChI=1S/C32H34ClN3O4/c1-21-27(32(38)39)28(24-14-9-15-25(33)20-24)29(31(36(21)2)40-19-17-34)30(37)35-18-16-26(22-10-5-3-6-11-22)23-12-7-4-8-13-23/h3-15,20,26,28H,16-19,34H2,1-2H3,(H,35,37)(H,38,39). The number of benzene rings is 3. The van der Waals surface area contributed by atoms with Crippen LogP contribution in [0.5, 0.6) is 0 Å². The van der Waals surface area contributed by atoms with Gasteiger partial charge in [0, 0.05) is 36.8 Å². The summed E-state index contributed by atoms with van der Waals surface area (Å²) >= 11 is 6.30. The number of carbonyl (C=O) groups excluding carboxylic acids is 1. The zero-order valence-corrected chi connectivity index (χ0v) is 23.4. The van der Waals surface area contributed by atoms with Gasteiger partial charge in [-0.25, -0.2) is 4.79 Å². The number of nitrogens with two attached hydrogens (primary N) is 1. The molecule has 3 aromatic carbocycles. The maximum Gasteiger partial charge on any atom is 0.334 e. The van der Waals surface area contributed by atoms with Crippen LogP contribution in [-0.4, -0.2) is 48.6 Å². The van der Waals surface area contributed by atoms with Crippen LogP contribution in [0.4, 0.5) is 0 Å². The average molecular weight is 560 g/mol. The molecule has 0 spiro atoms. The van der Waals surface area contributed by atoms with E-state index in [0.29, 0.717) is 29.2 Å². The highest BCUT2D eigenvalue weighted by Gasteiger charge is 2.40. The van der Waals surface area contributed by atoms with E-state index >= 15 is 0 Å². The van der Waals surface area contributed by atoms with Crippen LogP contribution >= 0.6 is 11.6 Å². The number of rotatable bonds is 11. The van der Waals surface area contributed by atoms with Crippen LogP contribution in [0.15, 0.2) is 108 Å². The lowest BCUT2D eigenvalue weighted by Crippen LogP contribution is -2.39. The van der Waals surface area contributed by atoms with Gasteiger partial charge in [0.2, 0.25) is 5.88 Å². The lowest BCUT2D eigenvalue weighted by molar-refractivity contribution is -0.133.